The van der Waals surface area contributed by atoms with E-state index >= 15 is 0 Å². The molecule has 0 heterocycles. The van der Waals surface area contributed by atoms with Gasteiger partial charge in [-0.05, 0) is 38.5 Å². The molecule has 3 nitrogen and oxygen atoms in total. The second kappa shape index (κ2) is 7.33. The molecule has 17 heavy (non-hydrogen) atoms. The van der Waals surface area contributed by atoms with Gasteiger partial charge in [0.25, 0.3) is 14.3 Å². The Morgan fingerprint density at radius 1 is 1.18 bits per heavy atom. The van der Waals surface area contributed by atoms with Crippen molar-refractivity contribution in [2.24, 2.45) is 5.92 Å². The molecule has 0 aliphatic carbocycles. The van der Waals surface area contributed by atoms with Gasteiger partial charge in [-0.3, -0.25) is 4.79 Å². The van der Waals surface area contributed by atoms with Crippen molar-refractivity contribution in [1.29, 1.82) is 0 Å². The van der Waals surface area contributed by atoms with E-state index in [0.717, 1.165) is 6.04 Å². The maximum absolute atomic E-state index is 11.9. The normalized spacial score (nSPS) is 14.2. The van der Waals surface area contributed by atoms with Crippen LogP contribution in [0.1, 0.15) is 34.6 Å². The first-order chi connectivity index (χ1) is 7.66. The Labute approximate surface area is 109 Å². The summed E-state index contributed by atoms with van der Waals surface area (Å²) in [7, 11) is -1.47. The van der Waals surface area contributed by atoms with Gasteiger partial charge in [-0.25, -0.2) is 0 Å². The van der Waals surface area contributed by atoms with Crippen LogP contribution in [0.25, 0.3) is 0 Å². The molecule has 1 unspecified atom stereocenters. The van der Waals surface area contributed by atoms with Crippen molar-refractivity contribution < 1.29 is 13.6 Å². The maximum Gasteiger partial charge on any atom is 0.295 e. The Morgan fingerprint density at radius 3 is 2.12 bits per heavy atom. The molecule has 1 atom stereocenters. The van der Waals surface area contributed by atoms with Crippen molar-refractivity contribution in [1.82, 2.24) is 0 Å². The maximum atomic E-state index is 11.9. The molecule has 0 fully saturated rings. The molecule has 0 aliphatic rings. The molecule has 0 bridgehead atoms. The predicted octanol–water partition coefficient (Wildman–Crippen LogP) is 3.24. The van der Waals surface area contributed by atoms with Crippen molar-refractivity contribution in [2.75, 3.05) is 0 Å². The molecule has 0 rings (SSSR count). The highest BCUT2D eigenvalue weighted by molar-refractivity contribution is 6.73. The van der Waals surface area contributed by atoms with Gasteiger partial charge in [0.15, 0.2) is 0 Å². The number of rotatable bonds is 7. The highest BCUT2D eigenvalue weighted by atomic mass is 28.4. The average molecular weight is 275 g/mol. The second-order valence-corrected chi connectivity index (χ2v) is 11.1. The van der Waals surface area contributed by atoms with Gasteiger partial charge in [0, 0.05) is 6.10 Å². The van der Waals surface area contributed by atoms with Crippen molar-refractivity contribution in [3.05, 3.63) is 0 Å². The molecule has 5 heteroatoms. The smallest absolute Gasteiger partial charge is 0.295 e. The molecule has 0 aromatic heterocycles. The Morgan fingerprint density at radius 2 is 1.71 bits per heavy atom. The quantitative estimate of drug-likeness (QED) is 0.669. The second-order valence-electron chi connectivity index (χ2n) is 5.60. The van der Waals surface area contributed by atoms with Crippen molar-refractivity contribution in [2.45, 2.75) is 65.4 Å². The van der Waals surface area contributed by atoms with E-state index in [0.29, 0.717) is 15.3 Å². The van der Waals surface area contributed by atoms with Crippen LogP contribution >= 0.6 is 0 Å². The van der Waals surface area contributed by atoms with Gasteiger partial charge < -0.3 is 8.85 Å². The fourth-order valence-electron chi connectivity index (χ4n) is 0.901. The minimum atomic E-state index is -1.85. The minimum Gasteiger partial charge on any atom is -0.519 e. The zero-order chi connectivity index (χ0) is 13.6. The molecule has 2 radical (unpaired) electrons. The van der Waals surface area contributed by atoms with E-state index in [1.807, 2.05) is 20.8 Å². The van der Waals surface area contributed by atoms with Crippen LogP contribution in [0.4, 0.5) is 0 Å². The zero-order valence-electron chi connectivity index (χ0n) is 12.2. The van der Waals surface area contributed by atoms with Gasteiger partial charge in [0.05, 0.1) is 5.92 Å². The summed E-state index contributed by atoms with van der Waals surface area (Å²) in [5.41, 5.74) is 0.452. The van der Waals surface area contributed by atoms with Crippen LogP contribution in [0, 0.1) is 5.92 Å². The molecule has 0 saturated carbocycles. The molecular weight excluding hydrogens is 248 g/mol. The molecule has 0 amide bonds. The topological polar surface area (TPSA) is 35.5 Å². The minimum absolute atomic E-state index is 0.0578. The van der Waals surface area contributed by atoms with Crippen LogP contribution in [0.3, 0.4) is 0 Å². The average Bonchev–Trinajstić information content (AvgIpc) is 2.15. The summed E-state index contributed by atoms with van der Waals surface area (Å²) in [6, 6.07) is 0.763. The number of carbonyl (C=O) groups excluding carboxylic acids is 1. The lowest BCUT2D eigenvalue weighted by Crippen LogP contribution is -2.38. The van der Waals surface area contributed by atoms with Crippen LogP contribution in [0.2, 0.25) is 24.7 Å². The molecule has 0 aliphatic heterocycles. The van der Waals surface area contributed by atoms with Gasteiger partial charge in [-0.1, -0.05) is 20.8 Å². The SMILES string of the molecule is CC(C)O[Si]CC(C)C(=O)O[Si](C)(C)C(C)C. The number of hydrogen-bond donors (Lipinski definition) is 0. The summed E-state index contributed by atoms with van der Waals surface area (Å²) >= 11 is 0. The largest absolute Gasteiger partial charge is 0.519 e. The third-order valence-electron chi connectivity index (χ3n) is 2.86. The van der Waals surface area contributed by atoms with Crippen molar-refractivity contribution in [3.8, 4) is 0 Å². The first kappa shape index (κ1) is 16.9. The van der Waals surface area contributed by atoms with Crippen LogP contribution < -0.4 is 0 Å². The highest BCUT2D eigenvalue weighted by Gasteiger charge is 2.32. The van der Waals surface area contributed by atoms with E-state index in [1.54, 1.807) is 0 Å². The van der Waals surface area contributed by atoms with Gasteiger partial charge in [0.1, 0.15) is 0 Å². The fourth-order valence-corrected chi connectivity index (χ4v) is 2.70. The Hall–Kier alpha value is -0.136. The number of hydrogen-bond acceptors (Lipinski definition) is 3. The summed E-state index contributed by atoms with van der Waals surface area (Å²) < 4.78 is 11.1. The van der Waals surface area contributed by atoms with Crippen LogP contribution in [-0.2, 0) is 13.6 Å². The lowest BCUT2D eigenvalue weighted by atomic mass is 10.2. The van der Waals surface area contributed by atoms with Gasteiger partial charge in [-0.2, -0.15) is 0 Å². The zero-order valence-corrected chi connectivity index (χ0v) is 14.2. The highest BCUT2D eigenvalue weighted by Crippen LogP contribution is 2.23. The lowest BCUT2D eigenvalue weighted by molar-refractivity contribution is -0.138. The molecule has 0 N–H and O–H groups in total. The van der Waals surface area contributed by atoms with E-state index in [9.17, 15) is 4.79 Å². The van der Waals surface area contributed by atoms with E-state index in [2.05, 4.69) is 26.9 Å². The van der Waals surface area contributed by atoms with E-state index in [1.165, 1.54) is 0 Å². The number of carbonyl (C=O) groups is 1. The summed E-state index contributed by atoms with van der Waals surface area (Å²) in [6.07, 6.45) is 0.234. The molecule has 0 aromatic rings. The Bertz CT molecular complexity index is 240. The first-order valence-electron chi connectivity index (χ1n) is 6.28. The standard InChI is InChI=1S/C12H26O3Si2/c1-9(2)14-16-8-11(5)12(13)15-17(6,7)10(3)4/h9-11H,8H2,1-7H3. The summed E-state index contributed by atoms with van der Waals surface area (Å²) in [4.78, 5) is 11.9. The third kappa shape index (κ3) is 7.00. The monoisotopic (exact) mass is 274 g/mol. The molecule has 0 spiro atoms. The molecular formula is C12H26O3Si2. The Kier molecular flexibility index (Phi) is 7.27. The van der Waals surface area contributed by atoms with Crippen LogP contribution in [0.15, 0.2) is 0 Å². The van der Waals surface area contributed by atoms with E-state index < -0.39 is 8.32 Å². The van der Waals surface area contributed by atoms with Gasteiger partial charge >= 0.3 is 0 Å². The van der Waals surface area contributed by atoms with Crippen LogP contribution in [0.5, 0.6) is 0 Å². The summed E-state index contributed by atoms with van der Waals surface area (Å²) in [5.74, 6) is -0.118. The Balaban J connectivity index is 4.06. The van der Waals surface area contributed by atoms with Gasteiger partial charge in [-0.15, -0.1) is 0 Å². The van der Waals surface area contributed by atoms with E-state index in [4.69, 9.17) is 8.85 Å². The van der Waals surface area contributed by atoms with Crippen molar-refractivity contribution in [3.63, 3.8) is 0 Å². The molecule has 0 aromatic carbocycles. The summed E-state index contributed by atoms with van der Waals surface area (Å²) in [5, 5.41) is 0. The predicted molar refractivity (Wildman–Crippen MR) is 74.6 cm³/mol. The fraction of sp³-hybridized carbons (Fsp3) is 0.917. The molecule has 100 valence electrons. The lowest BCUT2D eigenvalue weighted by Gasteiger charge is -2.28. The third-order valence-corrected chi connectivity index (χ3v) is 7.79. The van der Waals surface area contributed by atoms with Gasteiger partial charge in [0.2, 0.25) is 9.76 Å². The first-order valence-corrected chi connectivity index (χ1v) is 10.4. The van der Waals surface area contributed by atoms with Crippen LogP contribution in [-0.4, -0.2) is 30.2 Å². The molecule has 0 saturated heterocycles. The summed E-state index contributed by atoms with van der Waals surface area (Å²) in [6.45, 7) is 14.4. The van der Waals surface area contributed by atoms with E-state index in [-0.39, 0.29) is 18.0 Å². The van der Waals surface area contributed by atoms with Crippen molar-refractivity contribution >= 4 is 24.0 Å².